The molecule has 0 saturated heterocycles. The molecule has 26 heavy (non-hydrogen) atoms. The van der Waals surface area contributed by atoms with E-state index in [1.807, 2.05) is 36.5 Å². The van der Waals surface area contributed by atoms with E-state index in [1.54, 1.807) is 19.2 Å². The highest BCUT2D eigenvalue weighted by molar-refractivity contribution is 5.97. The van der Waals surface area contributed by atoms with Crippen molar-refractivity contribution < 1.29 is 13.9 Å². The maximum Gasteiger partial charge on any atom is 0.228 e. The third-order valence-electron chi connectivity index (χ3n) is 5.01. The van der Waals surface area contributed by atoms with Crippen molar-refractivity contribution in [3.63, 3.8) is 0 Å². The van der Waals surface area contributed by atoms with E-state index >= 15 is 0 Å². The van der Waals surface area contributed by atoms with Crippen LogP contribution in [-0.2, 0) is 16.1 Å². The van der Waals surface area contributed by atoms with Crippen molar-refractivity contribution in [2.24, 2.45) is 5.92 Å². The highest BCUT2D eigenvalue weighted by Crippen LogP contribution is 2.48. The van der Waals surface area contributed by atoms with E-state index in [2.05, 4.69) is 9.88 Å². The molecule has 1 heterocycles. The summed E-state index contributed by atoms with van der Waals surface area (Å²) in [7, 11) is 1.69. The van der Waals surface area contributed by atoms with Crippen molar-refractivity contribution in [3.05, 3.63) is 66.1 Å². The van der Waals surface area contributed by atoms with E-state index < -0.39 is 0 Å². The molecule has 0 bridgehead atoms. The Morgan fingerprint density at radius 3 is 2.92 bits per heavy atom. The summed E-state index contributed by atoms with van der Waals surface area (Å²) >= 11 is 0. The number of rotatable bonds is 6. The maximum absolute atomic E-state index is 13.9. The van der Waals surface area contributed by atoms with Crippen LogP contribution in [0, 0.1) is 11.7 Å². The zero-order valence-electron chi connectivity index (χ0n) is 14.6. The maximum atomic E-state index is 13.9. The Morgan fingerprint density at radius 2 is 2.12 bits per heavy atom. The molecule has 1 aliphatic rings. The van der Waals surface area contributed by atoms with E-state index in [-0.39, 0.29) is 23.6 Å². The van der Waals surface area contributed by atoms with Crippen LogP contribution in [0.4, 0.5) is 10.1 Å². The average Bonchev–Trinajstić information content (AvgIpc) is 3.34. The molecule has 2 atom stereocenters. The lowest BCUT2D eigenvalue weighted by molar-refractivity contribution is -0.117. The molecule has 1 saturated carbocycles. The summed E-state index contributed by atoms with van der Waals surface area (Å²) in [6.07, 6.45) is 2.72. The Labute approximate surface area is 151 Å². The standard InChI is InChI=1S/C21H21FN2O2/c1-26-11-10-24-9-8-14-12-15(6-7-20(14)24)23-21(25)18-13-17(18)16-4-2-3-5-19(16)22/h2-9,12,17-18H,10-11,13H2,1H3,(H,23,25). The van der Waals surface area contributed by atoms with Gasteiger partial charge < -0.3 is 14.6 Å². The van der Waals surface area contributed by atoms with Crippen LogP contribution in [0.2, 0.25) is 0 Å². The number of nitrogens with zero attached hydrogens (tertiary/aromatic N) is 1. The minimum atomic E-state index is -0.230. The second-order valence-corrected chi connectivity index (χ2v) is 6.73. The highest BCUT2D eigenvalue weighted by Gasteiger charge is 2.45. The molecule has 3 aromatic rings. The van der Waals surface area contributed by atoms with Gasteiger partial charge in [-0.1, -0.05) is 18.2 Å². The van der Waals surface area contributed by atoms with Crippen molar-refractivity contribution in [3.8, 4) is 0 Å². The zero-order valence-corrected chi connectivity index (χ0v) is 14.6. The van der Waals surface area contributed by atoms with Gasteiger partial charge in [-0.3, -0.25) is 4.79 Å². The summed E-state index contributed by atoms with van der Waals surface area (Å²) in [5.74, 6) is -0.452. The molecular formula is C21H21FN2O2. The van der Waals surface area contributed by atoms with Gasteiger partial charge in [-0.2, -0.15) is 0 Å². The van der Waals surface area contributed by atoms with E-state index in [9.17, 15) is 9.18 Å². The Bertz CT molecular complexity index is 950. The van der Waals surface area contributed by atoms with Gasteiger partial charge in [-0.05, 0) is 48.2 Å². The quantitative estimate of drug-likeness (QED) is 0.724. The van der Waals surface area contributed by atoms with Crippen LogP contribution >= 0.6 is 0 Å². The lowest BCUT2D eigenvalue weighted by Gasteiger charge is -2.08. The van der Waals surface area contributed by atoms with Crippen LogP contribution in [0.1, 0.15) is 17.9 Å². The molecule has 0 aliphatic heterocycles. The number of carbonyl (C=O) groups is 1. The molecule has 1 aromatic heterocycles. The van der Waals surface area contributed by atoms with Gasteiger partial charge in [0, 0.05) is 42.4 Å². The highest BCUT2D eigenvalue weighted by atomic mass is 19.1. The minimum absolute atomic E-state index is 0.0185. The molecule has 134 valence electrons. The number of nitrogens with one attached hydrogen (secondary N) is 1. The number of amides is 1. The van der Waals surface area contributed by atoms with Crippen LogP contribution in [0.3, 0.4) is 0 Å². The van der Waals surface area contributed by atoms with Crippen molar-refractivity contribution in [2.75, 3.05) is 19.0 Å². The molecule has 4 nitrogen and oxygen atoms in total. The van der Waals surface area contributed by atoms with Gasteiger partial charge in [0.2, 0.25) is 5.91 Å². The average molecular weight is 352 g/mol. The molecule has 4 rings (SSSR count). The number of benzene rings is 2. The molecule has 0 radical (unpaired) electrons. The Kier molecular flexibility index (Phi) is 4.47. The predicted octanol–water partition coefficient (Wildman–Crippen LogP) is 4.17. The van der Waals surface area contributed by atoms with Crippen molar-refractivity contribution in [1.29, 1.82) is 0 Å². The second kappa shape index (κ2) is 6.92. The van der Waals surface area contributed by atoms with E-state index in [1.165, 1.54) is 6.07 Å². The number of halogens is 1. The van der Waals surface area contributed by atoms with Gasteiger partial charge in [0.15, 0.2) is 0 Å². The zero-order chi connectivity index (χ0) is 18.1. The van der Waals surface area contributed by atoms with Crippen LogP contribution in [0.5, 0.6) is 0 Å². The molecular weight excluding hydrogens is 331 g/mol. The van der Waals surface area contributed by atoms with Crippen molar-refractivity contribution in [1.82, 2.24) is 4.57 Å². The fourth-order valence-corrected chi connectivity index (χ4v) is 3.50. The van der Waals surface area contributed by atoms with Crippen molar-refractivity contribution in [2.45, 2.75) is 18.9 Å². The SMILES string of the molecule is COCCn1ccc2cc(NC(=O)C3CC3c3ccccc3F)ccc21. The molecule has 1 fully saturated rings. The van der Waals surface area contributed by atoms with Gasteiger partial charge in [-0.15, -0.1) is 0 Å². The molecule has 2 unspecified atom stereocenters. The first-order chi connectivity index (χ1) is 12.7. The van der Waals surface area contributed by atoms with Gasteiger partial charge in [-0.25, -0.2) is 4.39 Å². The summed E-state index contributed by atoms with van der Waals surface area (Å²) in [5.41, 5.74) is 2.51. The lowest BCUT2D eigenvalue weighted by Crippen LogP contribution is -2.14. The molecule has 1 amide bonds. The molecule has 1 N–H and O–H groups in total. The first kappa shape index (κ1) is 16.8. The normalized spacial score (nSPS) is 18.8. The number of aromatic nitrogens is 1. The van der Waals surface area contributed by atoms with Crippen LogP contribution < -0.4 is 5.32 Å². The summed E-state index contributed by atoms with van der Waals surface area (Å²) in [6.45, 7) is 1.44. The summed E-state index contributed by atoms with van der Waals surface area (Å²) in [4.78, 5) is 12.5. The largest absolute Gasteiger partial charge is 0.383 e. The number of methoxy groups -OCH3 is 1. The van der Waals surface area contributed by atoms with Crippen LogP contribution in [-0.4, -0.2) is 24.2 Å². The van der Waals surface area contributed by atoms with Gasteiger partial charge in [0.1, 0.15) is 5.82 Å². The van der Waals surface area contributed by atoms with Gasteiger partial charge in [0.25, 0.3) is 0 Å². The Hall–Kier alpha value is -2.66. The second-order valence-electron chi connectivity index (χ2n) is 6.73. The van der Waals surface area contributed by atoms with Gasteiger partial charge >= 0.3 is 0 Å². The number of anilines is 1. The summed E-state index contributed by atoms with van der Waals surface area (Å²) in [6, 6.07) is 14.6. The molecule has 0 spiro atoms. The van der Waals surface area contributed by atoms with Crippen molar-refractivity contribution >= 4 is 22.5 Å². The van der Waals surface area contributed by atoms with E-state index in [0.717, 1.165) is 23.1 Å². The smallest absolute Gasteiger partial charge is 0.228 e. The van der Waals surface area contributed by atoms with Crippen LogP contribution in [0.25, 0.3) is 10.9 Å². The number of hydrogen-bond donors (Lipinski definition) is 1. The lowest BCUT2D eigenvalue weighted by atomic mass is 10.1. The van der Waals surface area contributed by atoms with Crippen LogP contribution in [0.15, 0.2) is 54.7 Å². The topological polar surface area (TPSA) is 43.3 Å². The molecule has 2 aromatic carbocycles. The van der Waals surface area contributed by atoms with E-state index in [0.29, 0.717) is 18.6 Å². The third kappa shape index (κ3) is 3.22. The first-order valence-corrected chi connectivity index (χ1v) is 8.80. The first-order valence-electron chi connectivity index (χ1n) is 8.80. The number of hydrogen-bond acceptors (Lipinski definition) is 2. The van der Waals surface area contributed by atoms with Gasteiger partial charge in [0.05, 0.1) is 6.61 Å². The molecule has 5 heteroatoms. The Balaban J connectivity index is 1.44. The monoisotopic (exact) mass is 352 g/mol. The minimum Gasteiger partial charge on any atom is -0.383 e. The third-order valence-corrected chi connectivity index (χ3v) is 5.01. The number of fused-ring (bicyclic) bond motifs is 1. The number of ether oxygens (including phenoxy) is 1. The fraction of sp³-hybridized carbons (Fsp3) is 0.286. The molecule has 1 aliphatic carbocycles. The Morgan fingerprint density at radius 1 is 1.27 bits per heavy atom. The number of carbonyl (C=O) groups excluding carboxylic acids is 1. The predicted molar refractivity (Wildman–Crippen MR) is 99.7 cm³/mol. The summed E-state index contributed by atoms with van der Waals surface area (Å²) in [5, 5.41) is 4.04. The fourth-order valence-electron chi connectivity index (χ4n) is 3.50. The summed E-state index contributed by atoms with van der Waals surface area (Å²) < 4.78 is 21.1. The van der Waals surface area contributed by atoms with E-state index in [4.69, 9.17) is 4.74 Å².